The third kappa shape index (κ3) is 10.6. The molecular formula is C31H45N5O4S2. The van der Waals surface area contributed by atoms with Crippen LogP contribution in [0.1, 0.15) is 90.3 Å². The van der Waals surface area contributed by atoms with Crippen LogP contribution in [0.3, 0.4) is 0 Å². The standard InChI is InChI=1S/C31H45N5O4S2/c1-5-6-7-8-9-13-26(38)41-16-11-10-12-23-18-25(37)33-19-24-17-22(14-15-32-24)29-36-31(4,20-42-29)30(40)35-27(21(2)3)28(39)34-23/h10,12,14-15,17,21,23,27H,5-9,11,13,16,18-20H2,1-4H3,(H,33,37)(H,34,39)(H,35,40)/b12-10+/t23?,27-,31-/m0/s1. The van der Waals surface area contributed by atoms with Crippen LogP contribution in [-0.2, 0) is 25.7 Å². The van der Waals surface area contributed by atoms with Crippen molar-refractivity contribution in [2.75, 3.05) is 11.5 Å². The van der Waals surface area contributed by atoms with E-state index < -0.39 is 17.6 Å². The summed E-state index contributed by atoms with van der Waals surface area (Å²) in [4.78, 5) is 61.0. The number of nitrogens with one attached hydrogen (secondary N) is 3. The normalized spacial score (nSPS) is 23.5. The van der Waals surface area contributed by atoms with Crippen molar-refractivity contribution in [2.24, 2.45) is 10.9 Å². The Kier molecular flexibility index (Phi) is 13.6. The Hall–Kier alpha value is -2.66. The van der Waals surface area contributed by atoms with Gasteiger partial charge in [0.05, 0.1) is 29.7 Å². The minimum atomic E-state index is -1.01. The number of fused-ring (bicyclic) bond motifs is 4. The molecule has 3 N–H and O–H groups in total. The van der Waals surface area contributed by atoms with Gasteiger partial charge in [-0.1, -0.05) is 70.4 Å². The summed E-state index contributed by atoms with van der Waals surface area (Å²) in [6, 6.07) is 2.35. The number of hydrogen-bond donors (Lipinski definition) is 3. The zero-order valence-corrected chi connectivity index (χ0v) is 26.9. The van der Waals surface area contributed by atoms with E-state index in [1.807, 2.05) is 32.1 Å². The van der Waals surface area contributed by atoms with Crippen LogP contribution in [-0.4, -0.2) is 62.0 Å². The van der Waals surface area contributed by atoms with E-state index in [2.05, 4.69) is 27.9 Å². The van der Waals surface area contributed by atoms with Crippen molar-refractivity contribution < 1.29 is 19.2 Å². The van der Waals surface area contributed by atoms with E-state index in [1.165, 1.54) is 42.8 Å². The highest BCUT2D eigenvalue weighted by molar-refractivity contribution is 8.14. The van der Waals surface area contributed by atoms with Gasteiger partial charge in [0.1, 0.15) is 11.6 Å². The molecule has 0 saturated heterocycles. The van der Waals surface area contributed by atoms with E-state index in [9.17, 15) is 19.2 Å². The first kappa shape index (κ1) is 33.8. The summed E-state index contributed by atoms with van der Waals surface area (Å²) in [6.07, 6.45) is 12.3. The molecule has 0 fully saturated rings. The first-order valence-corrected chi connectivity index (χ1v) is 17.0. The number of rotatable bonds is 11. The van der Waals surface area contributed by atoms with Crippen molar-refractivity contribution in [3.8, 4) is 0 Å². The molecule has 1 unspecified atom stereocenters. The van der Waals surface area contributed by atoms with E-state index in [4.69, 9.17) is 4.99 Å². The van der Waals surface area contributed by atoms with Crippen LogP contribution in [0.4, 0.5) is 0 Å². The summed E-state index contributed by atoms with van der Waals surface area (Å²) < 4.78 is 0. The van der Waals surface area contributed by atoms with Crippen molar-refractivity contribution in [1.82, 2.24) is 20.9 Å². The molecule has 9 nitrogen and oxygen atoms in total. The number of aromatic nitrogens is 1. The second kappa shape index (κ2) is 16.8. The van der Waals surface area contributed by atoms with Gasteiger partial charge >= 0.3 is 0 Å². The molecule has 4 bridgehead atoms. The van der Waals surface area contributed by atoms with E-state index in [1.54, 1.807) is 19.2 Å². The van der Waals surface area contributed by atoms with Gasteiger partial charge in [0.25, 0.3) is 0 Å². The van der Waals surface area contributed by atoms with Crippen LogP contribution in [0.25, 0.3) is 0 Å². The smallest absolute Gasteiger partial charge is 0.249 e. The fourth-order valence-electron chi connectivity index (χ4n) is 4.65. The lowest BCUT2D eigenvalue weighted by atomic mass is 9.99. The number of unbranched alkanes of at least 4 members (excludes halogenated alkanes) is 4. The fraction of sp³-hybridized carbons (Fsp3) is 0.613. The number of allylic oxidation sites excluding steroid dienone is 1. The van der Waals surface area contributed by atoms with E-state index in [0.29, 0.717) is 30.0 Å². The molecule has 0 aliphatic carbocycles. The quantitative estimate of drug-likeness (QED) is 0.246. The highest BCUT2D eigenvalue weighted by atomic mass is 32.2. The third-order valence-electron chi connectivity index (χ3n) is 7.23. The Balaban J connectivity index is 1.69. The Morgan fingerprint density at radius 1 is 1.19 bits per heavy atom. The van der Waals surface area contributed by atoms with Gasteiger partial charge in [0, 0.05) is 29.7 Å². The number of thioether (sulfide) groups is 2. The summed E-state index contributed by atoms with van der Waals surface area (Å²) in [5.74, 6) is 0.0209. The molecule has 3 atom stereocenters. The number of nitrogens with zero attached hydrogens (tertiary/aromatic N) is 2. The minimum absolute atomic E-state index is 0.0325. The highest BCUT2D eigenvalue weighted by Crippen LogP contribution is 2.31. The molecule has 3 heterocycles. The first-order valence-electron chi connectivity index (χ1n) is 15.0. The van der Waals surface area contributed by atoms with Crippen molar-refractivity contribution >= 4 is 51.4 Å². The van der Waals surface area contributed by atoms with E-state index in [0.717, 1.165) is 23.4 Å². The fourth-order valence-corrected chi connectivity index (χ4v) is 6.59. The number of carbonyl (C=O) groups excluding carboxylic acids is 4. The van der Waals surface area contributed by atoms with E-state index >= 15 is 0 Å². The van der Waals surface area contributed by atoms with Crippen LogP contribution in [0.5, 0.6) is 0 Å². The summed E-state index contributed by atoms with van der Waals surface area (Å²) >= 11 is 2.82. The van der Waals surface area contributed by atoms with Crippen LogP contribution < -0.4 is 16.0 Å². The number of pyridine rings is 1. The number of amides is 3. The molecule has 3 amide bonds. The topological polar surface area (TPSA) is 130 Å². The maximum absolute atomic E-state index is 13.4. The highest BCUT2D eigenvalue weighted by Gasteiger charge is 2.41. The van der Waals surface area contributed by atoms with Gasteiger partial charge in [-0.3, -0.25) is 29.2 Å². The largest absolute Gasteiger partial charge is 0.350 e. The Labute approximate surface area is 258 Å². The maximum Gasteiger partial charge on any atom is 0.249 e. The Morgan fingerprint density at radius 2 is 1.98 bits per heavy atom. The average molecular weight is 616 g/mol. The molecule has 2 aliphatic heterocycles. The Bertz CT molecular complexity index is 1170. The molecule has 1 aromatic rings. The molecule has 11 heteroatoms. The molecule has 0 radical (unpaired) electrons. The molecule has 230 valence electrons. The molecule has 0 saturated carbocycles. The van der Waals surface area contributed by atoms with Crippen molar-refractivity contribution in [3.63, 3.8) is 0 Å². The number of aliphatic imine (C=N–C) groups is 1. The lowest BCUT2D eigenvalue weighted by Crippen LogP contribution is -2.56. The Morgan fingerprint density at radius 3 is 2.74 bits per heavy atom. The van der Waals surface area contributed by atoms with Crippen LogP contribution >= 0.6 is 23.5 Å². The number of carbonyl (C=O) groups is 4. The molecule has 42 heavy (non-hydrogen) atoms. The molecule has 2 aliphatic rings. The van der Waals surface area contributed by atoms with Gasteiger partial charge in [-0.25, -0.2) is 0 Å². The maximum atomic E-state index is 13.4. The SMILES string of the molecule is CCCCCCCC(=O)SCC/C=C/C1CC(=O)NCc2cc(ccn2)C2=N[C@@](C)(CS2)C(=O)N[C@@H](C(C)C)C(=O)N1. The van der Waals surface area contributed by atoms with E-state index in [-0.39, 0.29) is 41.7 Å². The number of hydrogen-bond acceptors (Lipinski definition) is 8. The molecule has 0 spiro atoms. The van der Waals surface area contributed by atoms with Crippen molar-refractivity contribution in [1.29, 1.82) is 0 Å². The van der Waals surface area contributed by atoms with Gasteiger partial charge in [-0.05, 0) is 37.8 Å². The zero-order valence-electron chi connectivity index (χ0n) is 25.2. The van der Waals surface area contributed by atoms with Crippen molar-refractivity contribution in [3.05, 3.63) is 41.7 Å². The van der Waals surface area contributed by atoms with Gasteiger partial charge in [0.15, 0.2) is 5.12 Å². The van der Waals surface area contributed by atoms with Gasteiger partial charge in [-0.15, -0.1) is 11.8 Å². The molecular weight excluding hydrogens is 571 g/mol. The van der Waals surface area contributed by atoms with Crippen LogP contribution in [0.15, 0.2) is 35.5 Å². The summed E-state index contributed by atoms with van der Waals surface area (Å²) in [5, 5.41) is 9.72. The van der Waals surface area contributed by atoms with Crippen molar-refractivity contribution in [2.45, 2.75) is 103 Å². The van der Waals surface area contributed by atoms with Crippen LogP contribution in [0, 0.1) is 5.92 Å². The molecule has 1 aromatic heterocycles. The summed E-state index contributed by atoms with van der Waals surface area (Å²) in [6.45, 7) is 7.94. The average Bonchev–Trinajstić information content (AvgIpc) is 3.37. The van der Waals surface area contributed by atoms with Gasteiger partial charge in [0.2, 0.25) is 17.7 Å². The van der Waals surface area contributed by atoms with Gasteiger partial charge < -0.3 is 16.0 Å². The summed E-state index contributed by atoms with van der Waals surface area (Å²) in [7, 11) is 0. The molecule has 3 rings (SSSR count). The molecule has 0 aromatic carbocycles. The monoisotopic (exact) mass is 615 g/mol. The predicted molar refractivity (Wildman–Crippen MR) is 171 cm³/mol. The minimum Gasteiger partial charge on any atom is -0.350 e. The third-order valence-corrected chi connectivity index (χ3v) is 9.50. The second-order valence-corrected chi connectivity index (χ2v) is 13.5. The lowest BCUT2D eigenvalue weighted by Gasteiger charge is -2.27. The lowest BCUT2D eigenvalue weighted by molar-refractivity contribution is -0.132. The first-order chi connectivity index (χ1) is 20.1. The predicted octanol–water partition coefficient (Wildman–Crippen LogP) is 4.55. The zero-order chi connectivity index (χ0) is 30.5. The van der Waals surface area contributed by atoms with Crippen LogP contribution in [0.2, 0.25) is 0 Å². The summed E-state index contributed by atoms with van der Waals surface area (Å²) in [5.41, 5.74) is 0.513. The van der Waals surface area contributed by atoms with Gasteiger partial charge in [-0.2, -0.15) is 0 Å². The second-order valence-electron chi connectivity index (χ2n) is 11.4.